The van der Waals surface area contributed by atoms with Crippen LogP contribution in [0.3, 0.4) is 0 Å². The van der Waals surface area contributed by atoms with Crippen LogP contribution in [-0.4, -0.2) is 111 Å². The molecule has 0 amide bonds. The quantitative estimate of drug-likeness (QED) is 0.0311. The fourth-order valence-electron chi connectivity index (χ4n) is 5.05. The zero-order valence-corrected chi connectivity index (χ0v) is 35.3. The monoisotopic (exact) mass is 1010 g/mol. The number of anilines is 5. The molecule has 62 heavy (non-hydrogen) atoms. The number of aromatic nitrogens is 3. The van der Waals surface area contributed by atoms with E-state index in [1.807, 2.05) is 0 Å². The highest BCUT2D eigenvalue weighted by Crippen LogP contribution is 2.44. The number of rotatable bonds is 15. The van der Waals surface area contributed by atoms with Crippen LogP contribution in [0.2, 0.25) is 5.28 Å². The smallest absolute Gasteiger partial charge is 0.397 e. The summed E-state index contributed by atoms with van der Waals surface area (Å²) in [7, 11) is -30.6. The Balaban J connectivity index is 1.54. The predicted molar refractivity (Wildman–Crippen MR) is 209 cm³/mol. The second-order valence-electron chi connectivity index (χ2n) is 11.8. The van der Waals surface area contributed by atoms with Crippen molar-refractivity contribution in [3.8, 4) is 11.5 Å². The number of halogens is 1. The van der Waals surface area contributed by atoms with E-state index < -0.39 is 160 Å². The molecule has 0 unspecified atom stereocenters. The highest BCUT2D eigenvalue weighted by Gasteiger charge is 2.28. The largest absolute Gasteiger partial charge is 0.507 e. The van der Waals surface area contributed by atoms with Gasteiger partial charge < -0.3 is 26.6 Å². The molecule has 0 radical (unpaired) electrons. The molecule has 28 nitrogen and oxygen atoms in total. The SMILES string of the molecule is Nc1c(S(=O)(=O)O)cc2cc(S(=O)(=O)O)cc(O)c2c1/N=N/c1ccc(Nc2nc(Cl)nc(Nc3cc(S(=O)(=O)CCOS(=O)(=O)O)cc(S(=O)(=O)O)c3O)n2)cc1S(=O)(=O)O. The lowest BCUT2D eigenvalue weighted by Gasteiger charge is -2.14. The van der Waals surface area contributed by atoms with Crippen LogP contribution >= 0.6 is 11.6 Å². The van der Waals surface area contributed by atoms with E-state index in [4.69, 9.17) is 21.9 Å². The summed E-state index contributed by atoms with van der Waals surface area (Å²) in [6, 6.07) is 5.35. The molecule has 4 aromatic carbocycles. The molecule has 5 rings (SSSR count). The zero-order chi connectivity index (χ0) is 46.5. The van der Waals surface area contributed by atoms with Gasteiger partial charge in [0.05, 0.1) is 38.9 Å². The summed E-state index contributed by atoms with van der Waals surface area (Å²) in [6.45, 7) is -1.16. The molecule has 0 saturated heterocycles. The fraction of sp³-hybridized carbons (Fsp3) is 0.0741. The summed E-state index contributed by atoms with van der Waals surface area (Å²) >= 11 is 5.98. The topological polar surface area (TPSA) is 469 Å². The first-order valence-corrected chi connectivity index (χ1v) is 24.6. The number of hydrogen-bond acceptors (Lipinski definition) is 23. The van der Waals surface area contributed by atoms with E-state index in [-0.39, 0.29) is 5.69 Å². The Morgan fingerprint density at radius 2 is 1.26 bits per heavy atom. The van der Waals surface area contributed by atoms with Crippen molar-refractivity contribution in [3.63, 3.8) is 0 Å². The van der Waals surface area contributed by atoms with E-state index in [9.17, 15) is 78.9 Å². The number of aromatic hydroxyl groups is 2. The molecular weight excluding hydrogens is 984 g/mol. The summed E-state index contributed by atoms with van der Waals surface area (Å²) in [5.74, 6) is -4.72. The number of benzene rings is 4. The van der Waals surface area contributed by atoms with E-state index in [1.165, 1.54) is 0 Å². The van der Waals surface area contributed by atoms with Crippen molar-refractivity contribution in [2.75, 3.05) is 28.7 Å². The fourth-order valence-corrected chi connectivity index (χ4v) is 9.28. The minimum absolute atomic E-state index is 0.296. The minimum atomic E-state index is -5.38. The average molecular weight is 1010 g/mol. The maximum absolute atomic E-state index is 12.9. The van der Waals surface area contributed by atoms with Gasteiger partial charge in [-0.1, -0.05) is 0 Å². The van der Waals surface area contributed by atoms with Gasteiger partial charge in [-0.15, -0.1) is 10.2 Å². The summed E-state index contributed by atoms with van der Waals surface area (Å²) < 4.78 is 196. The van der Waals surface area contributed by atoms with Gasteiger partial charge in [0.15, 0.2) is 15.6 Å². The van der Waals surface area contributed by atoms with Crippen molar-refractivity contribution in [1.82, 2.24) is 15.0 Å². The van der Waals surface area contributed by atoms with Crippen molar-refractivity contribution >= 4 is 123 Å². The van der Waals surface area contributed by atoms with Gasteiger partial charge in [-0.3, -0.25) is 22.8 Å². The van der Waals surface area contributed by atoms with Crippen LogP contribution in [0, 0.1) is 0 Å². The van der Waals surface area contributed by atoms with Gasteiger partial charge in [0, 0.05) is 11.8 Å². The lowest BCUT2D eigenvalue weighted by Crippen LogP contribution is -2.16. The molecule has 5 aromatic rings. The Bertz CT molecular complexity index is 3430. The number of nitrogens with zero attached hydrogens (tertiary/aromatic N) is 5. The van der Waals surface area contributed by atoms with Gasteiger partial charge >= 0.3 is 10.4 Å². The zero-order valence-electron chi connectivity index (χ0n) is 29.6. The standard InChI is InChI=1S/C27H23ClN8O20S6/c28-25-32-26(34-27(33-25)31-16-8-13(10-20(24(16)38)61(50,51)52)57(39,40)4-3-56-62(53,54)55)30-12-1-2-15(18(7-12)59(44,45)46)35-36-23-21-11(6-19(22(23)29)60(47,48)49)5-14(9-17(21)37)58(41,42)43/h1-2,5-10,37-38H,3-4,29H2,(H,41,42,43)(H,44,45,46)(H,47,48,49)(H,50,51,52)(H,53,54,55)(H2,30,31,32,33,34)/b36-35+. The highest BCUT2D eigenvalue weighted by molar-refractivity contribution is 7.91. The molecule has 0 spiro atoms. The van der Waals surface area contributed by atoms with E-state index in [2.05, 4.69) is 40.0 Å². The molecule has 0 aliphatic rings. The van der Waals surface area contributed by atoms with Gasteiger partial charge in [0.2, 0.25) is 17.2 Å². The van der Waals surface area contributed by atoms with Gasteiger partial charge in [-0.2, -0.15) is 57.0 Å². The molecule has 1 heterocycles. The lowest BCUT2D eigenvalue weighted by atomic mass is 10.1. The third-order valence-electron chi connectivity index (χ3n) is 7.62. The van der Waals surface area contributed by atoms with Crippen LogP contribution in [0.25, 0.3) is 10.8 Å². The summed E-state index contributed by atoms with van der Waals surface area (Å²) in [5.41, 5.74) is 2.40. The van der Waals surface area contributed by atoms with Crippen LogP contribution in [0.4, 0.5) is 40.3 Å². The van der Waals surface area contributed by atoms with Crippen molar-refractivity contribution in [1.29, 1.82) is 0 Å². The first-order valence-electron chi connectivity index (χ1n) is 15.5. The van der Waals surface area contributed by atoms with E-state index in [0.29, 0.717) is 36.4 Å². The number of sulfone groups is 1. The van der Waals surface area contributed by atoms with Gasteiger partial charge in [0.25, 0.3) is 40.5 Å². The van der Waals surface area contributed by atoms with Crippen molar-refractivity contribution in [2.45, 2.75) is 24.5 Å². The predicted octanol–water partition coefficient (Wildman–Crippen LogP) is 2.15. The van der Waals surface area contributed by atoms with Crippen LogP contribution in [-0.2, 0) is 64.9 Å². The number of phenols is 2. The van der Waals surface area contributed by atoms with Crippen molar-refractivity contribution in [3.05, 3.63) is 53.8 Å². The maximum atomic E-state index is 12.9. The molecule has 35 heteroatoms. The molecule has 0 aliphatic carbocycles. The van der Waals surface area contributed by atoms with Crippen LogP contribution in [0.15, 0.2) is 83.2 Å². The second-order valence-corrected chi connectivity index (χ2v) is 21.0. The summed E-state index contributed by atoms with van der Waals surface area (Å²) in [4.78, 5) is 5.93. The third-order valence-corrected chi connectivity index (χ3v) is 13.4. The Morgan fingerprint density at radius 3 is 1.82 bits per heavy atom. The Kier molecular flexibility index (Phi) is 12.8. The normalized spacial score (nSPS) is 13.1. The van der Waals surface area contributed by atoms with Crippen molar-refractivity contribution in [2.24, 2.45) is 10.2 Å². The molecule has 0 aliphatic heterocycles. The lowest BCUT2D eigenvalue weighted by molar-refractivity contribution is 0.284. The Morgan fingerprint density at radius 1 is 0.661 bits per heavy atom. The molecule has 0 bridgehead atoms. The molecule has 1 aromatic heterocycles. The van der Waals surface area contributed by atoms with E-state index >= 15 is 0 Å². The number of azo groups is 1. The molecular formula is C27H23ClN8O20S6. The number of fused-ring (bicyclic) bond motifs is 1. The highest BCUT2D eigenvalue weighted by atomic mass is 35.5. The molecule has 11 N–H and O–H groups in total. The second kappa shape index (κ2) is 16.7. The number of phenolic OH excluding ortho intramolecular Hbond substituents is 2. The molecule has 0 atom stereocenters. The number of hydrogen-bond donors (Lipinski definition) is 10. The Hall–Kier alpha value is -5.50. The summed E-state index contributed by atoms with van der Waals surface area (Å²) in [6.07, 6.45) is 0. The Labute approximate surface area is 353 Å². The van der Waals surface area contributed by atoms with Gasteiger partial charge in [-0.05, 0) is 59.5 Å². The molecule has 0 saturated carbocycles. The number of nitrogens with one attached hydrogen (secondary N) is 2. The minimum Gasteiger partial charge on any atom is -0.507 e. The molecule has 0 fully saturated rings. The van der Waals surface area contributed by atoms with Crippen LogP contribution in [0.5, 0.6) is 11.5 Å². The van der Waals surface area contributed by atoms with Crippen LogP contribution in [0.1, 0.15) is 0 Å². The number of nitrogen functional groups attached to an aromatic ring is 1. The van der Waals surface area contributed by atoms with Crippen molar-refractivity contribution < 1.29 is 87.7 Å². The van der Waals surface area contributed by atoms with Crippen LogP contribution < -0.4 is 16.4 Å². The van der Waals surface area contributed by atoms with E-state index in [0.717, 1.165) is 12.1 Å². The van der Waals surface area contributed by atoms with Gasteiger partial charge in [0.1, 0.15) is 31.8 Å². The van der Waals surface area contributed by atoms with Gasteiger partial charge in [-0.25, -0.2) is 12.6 Å². The summed E-state index contributed by atoms with van der Waals surface area (Å²) in [5, 5.41) is 31.7. The molecule has 334 valence electrons. The third kappa shape index (κ3) is 11.1. The van der Waals surface area contributed by atoms with E-state index in [1.54, 1.807) is 0 Å². The first kappa shape index (κ1) is 47.5. The average Bonchev–Trinajstić information content (AvgIpc) is 3.09. The number of nitrogens with two attached hydrogens (primary N) is 1. The first-order chi connectivity index (χ1) is 28.2. The maximum Gasteiger partial charge on any atom is 0.397 e.